The fraction of sp³-hybridized carbons (Fsp3) is 0.129. The molecule has 0 radical (unpaired) electrons. The molecular formula is C31H30N6O3. The number of aromatic nitrogens is 2. The van der Waals surface area contributed by atoms with Gasteiger partial charge in [-0.25, -0.2) is 9.97 Å². The van der Waals surface area contributed by atoms with Gasteiger partial charge in [0, 0.05) is 48.7 Å². The molecule has 9 nitrogen and oxygen atoms in total. The van der Waals surface area contributed by atoms with Gasteiger partial charge in [-0.05, 0) is 66.6 Å². The maximum atomic E-state index is 13.1. The summed E-state index contributed by atoms with van der Waals surface area (Å²) in [6.07, 6.45) is 4.75. The number of hydrogen-bond donors (Lipinski definition) is 3. The lowest BCUT2D eigenvalue weighted by molar-refractivity contribution is -0.111. The minimum Gasteiger partial charge on any atom is -0.378 e. The number of carbonyl (C=O) groups excluding carboxylic acids is 3. The summed E-state index contributed by atoms with van der Waals surface area (Å²) in [5.74, 6) is -0.336. The van der Waals surface area contributed by atoms with Crippen molar-refractivity contribution in [2.45, 2.75) is 13.3 Å². The smallest absolute Gasteiger partial charge is 0.256 e. The van der Waals surface area contributed by atoms with Gasteiger partial charge in [-0.1, -0.05) is 30.8 Å². The Bertz CT molecular complexity index is 1560. The fourth-order valence-electron chi connectivity index (χ4n) is 3.92. The second kappa shape index (κ2) is 12.5. The number of rotatable bonds is 9. The van der Waals surface area contributed by atoms with Crippen LogP contribution in [0.15, 0.2) is 91.8 Å². The van der Waals surface area contributed by atoms with Gasteiger partial charge in [-0.3, -0.25) is 14.4 Å². The van der Waals surface area contributed by atoms with Crippen LogP contribution in [0.25, 0.3) is 0 Å². The van der Waals surface area contributed by atoms with E-state index in [-0.39, 0.29) is 17.7 Å². The normalized spacial score (nSPS) is 10.4. The Hall–Kier alpha value is -5.31. The van der Waals surface area contributed by atoms with Crippen molar-refractivity contribution in [3.8, 4) is 0 Å². The monoisotopic (exact) mass is 534 g/mol. The van der Waals surface area contributed by atoms with Gasteiger partial charge in [-0.2, -0.15) is 0 Å². The third-order valence-electron chi connectivity index (χ3n) is 6.07. The maximum Gasteiger partial charge on any atom is 0.256 e. The summed E-state index contributed by atoms with van der Waals surface area (Å²) in [4.78, 5) is 48.1. The van der Waals surface area contributed by atoms with E-state index < -0.39 is 0 Å². The number of benzene rings is 3. The van der Waals surface area contributed by atoms with Crippen LogP contribution in [0, 0.1) is 6.92 Å². The predicted molar refractivity (Wildman–Crippen MR) is 158 cm³/mol. The molecule has 3 amide bonds. The highest BCUT2D eigenvalue weighted by Gasteiger charge is 2.14. The summed E-state index contributed by atoms with van der Waals surface area (Å²) in [5, 5.41) is 8.42. The fourth-order valence-corrected chi connectivity index (χ4v) is 3.92. The lowest BCUT2D eigenvalue weighted by atomic mass is 10.1. The second-order valence-corrected chi connectivity index (χ2v) is 9.34. The molecule has 4 rings (SSSR count). The highest BCUT2D eigenvalue weighted by atomic mass is 16.2. The summed E-state index contributed by atoms with van der Waals surface area (Å²) >= 11 is 0. The molecule has 3 N–H and O–H groups in total. The number of anilines is 4. The van der Waals surface area contributed by atoms with Crippen molar-refractivity contribution in [3.63, 3.8) is 0 Å². The van der Waals surface area contributed by atoms with E-state index in [1.54, 1.807) is 48.8 Å². The first-order chi connectivity index (χ1) is 19.2. The van der Waals surface area contributed by atoms with Gasteiger partial charge >= 0.3 is 0 Å². The lowest BCUT2D eigenvalue weighted by Crippen LogP contribution is -2.17. The lowest BCUT2D eigenvalue weighted by Gasteiger charge is -2.14. The van der Waals surface area contributed by atoms with Crippen LogP contribution in [-0.2, 0) is 11.2 Å². The van der Waals surface area contributed by atoms with E-state index in [9.17, 15) is 14.4 Å². The number of carbonyl (C=O) groups is 3. The molecule has 9 heteroatoms. The molecule has 0 aliphatic rings. The second-order valence-electron chi connectivity index (χ2n) is 9.34. The number of amides is 3. The summed E-state index contributed by atoms with van der Waals surface area (Å²) in [6.45, 7) is 5.28. The molecule has 0 aliphatic carbocycles. The summed E-state index contributed by atoms with van der Waals surface area (Å²) in [5.41, 5.74) is 5.12. The summed E-state index contributed by atoms with van der Waals surface area (Å²) < 4.78 is 0. The molecule has 40 heavy (non-hydrogen) atoms. The summed E-state index contributed by atoms with van der Waals surface area (Å²) in [7, 11) is 3.82. The predicted octanol–water partition coefficient (Wildman–Crippen LogP) is 5.07. The van der Waals surface area contributed by atoms with Crippen LogP contribution < -0.4 is 20.9 Å². The molecule has 1 heterocycles. The Morgan fingerprint density at radius 1 is 0.825 bits per heavy atom. The molecule has 0 saturated heterocycles. The van der Waals surface area contributed by atoms with Crippen molar-refractivity contribution in [2.24, 2.45) is 0 Å². The molecular weight excluding hydrogens is 504 g/mol. The van der Waals surface area contributed by atoms with E-state index >= 15 is 0 Å². The van der Waals surface area contributed by atoms with Gasteiger partial charge in [0.25, 0.3) is 11.8 Å². The van der Waals surface area contributed by atoms with Crippen LogP contribution in [0.1, 0.15) is 37.7 Å². The average molecular weight is 535 g/mol. The highest BCUT2D eigenvalue weighted by Crippen LogP contribution is 2.20. The van der Waals surface area contributed by atoms with Crippen LogP contribution in [0.5, 0.6) is 0 Å². The topological polar surface area (TPSA) is 116 Å². The Morgan fingerprint density at radius 2 is 1.52 bits per heavy atom. The molecule has 0 atom stereocenters. The molecule has 0 aliphatic heterocycles. The van der Waals surface area contributed by atoms with Crippen molar-refractivity contribution < 1.29 is 14.4 Å². The van der Waals surface area contributed by atoms with Gasteiger partial charge in [0.1, 0.15) is 5.82 Å². The molecule has 0 saturated carbocycles. The van der Waals surface area contributed by atoms with Crippen molar-refractivity contribution >= 4 is 40.5 Å². The standard InChI is InChI=1S/C31H30N6O3/c1-5-29(38)34-23-10-6-8-21(14-23)15-28-32-18-25(19-33-28)36-31(40)27-17-24(13-12-20(27)2)35-30(39)22-9-7-11-26(16-22)37(3)4/h5-14,16-19H,1,15H2,2-4H3,(H,34,38)(H,35,39)(H,36,40). The first kappa shape index (κ1) is 27.7. The van der Waals surface area contributed by atoms with Crippen molar-refractivity contribution in [1.29, 1.82) is 0 Å². The van der Waals surface area contributed by atoms with Crippen LogP contribution in [0.2, 0.25) is 0 Å². The third-order valence-corrected chi connectivity index (χ3v) is 6.07. The minimum absolute atomic E-state index is 0.267. The van der Waals surface area contributed by atoms with Crippen LogP contribution >= 0.6 is 0 Å². The van der Waals surface area contributed by atoms with E-state index in [1.165, 1.54) is 6.08 Å². The van der Waals surface area contributed by atoms with E-state index in [4.69, 9.17) is 0 Å². The largest absolute Gasteiger partial charge is 0.378 e. The number of aryl methyl sites for hydroxylation is 1. The van der Waals surface area contributed by atoms with Crippen molar-refractivity contribution in [1.82, 2.24) is 9.97 Å². The Balaban J connectivity index is 1.41. The Labute approximate surface area is 233 Å². The van der Waals surface area contributed by atoms with E-state index in [2.05, 4.69) is 32.5 Å². The maximum absolute atomic E-state index is 13.1. The molecule has 0 fully saturated rings. The first-order valence-corrected chi connectivity index (χ1v) is 12.6. The van der Waals surface area contributed by atoms with Gasteiger partial charge in [-0.15, -0.1) is 0 Å². The van der Waals surface area contributed by atoms with Crippen LogP contribution in [0.4, 0.5) is 22.7 Å². The van der Waals surface area contributed by atoms with Gasteiger partial charge < -0.3 is 20.9 Å². The quantitative estimate of drug-likeness (QED) is 0.258. The molecule has 0 spiro atoms. The summed E-state index contributed by atoms with van der Waals surface area (Å²) in [6, 6.07) is 19.9. The molecule has 0 bridgehead atoms. The van der Waals surface area contributed by atoms with Gasteiger partial charge in [0.2, 0.25) is 5.91 Å². The zero-order chi connectivity index (χ0) is 28.6. The van der Waals surface area contributed by atoms with Crippen LogP contribution in [-0.4, -0.2) is 41.8 Å². The molecule has 1 aromatic heterocycles. The van der Waals surface area contributed by atoms with Gasteiger partial charge in [0.15, 0.2) is 0 Å². The molecule has 0 unspecified atom stereocenters. The van der Waals surface area contributed by atoms with Crippen molar-refractivity contribution in [3.05, 3.63) is 120 Å². The van der Waals surface area contributed by atoms with Crippen LogP contribution in [0.3, 0.4) is 0 Å². The zero-order valence-corrected chi connectivity index (χ0v) is 22.6. The first-order valence-electron chi connectivity index (χ1n) is 12.6. The Morgan fingerprint density at radius 3 is 2.25 bits per heavy atom. The Kier molecular flexibility index (Phi) is 8.65. The third kappa shape index (κ3) is 7.16. The van der Waals surface area contributed by atoms with E-state index in [0.29, 0.717) is 40.4 Å². The number of hydrogen-bond acceptors (Lipinski definition) is 6. The molecule has 4 aromatic rings. The van der Waals surface area contributed by atoms with E-state index in [0.717, 1.165) is 16.8 Å². The number of nitrogens with one attached hydrogen (secondary N) is 3. The molecule has 3 aromatic carbocycles. The number of nitrogens with zero attached hydrogens (tertiary/aromatic N) is 3. The van der Waals surface area contributed by atoms with Gasteiger partial charge in [0.05, 0.1) is 18.1 Å². The van der Waals surface area contributed by atoms with Crippen molar-refractivity contribution in [2.75, 3.05) is 34.9 Å². The van der Waals surface area contributed by atoms with E-state index in [1.807, 2.05) is 56.3 Å². The average Bonchev–Trinajstić information content (AvgIpc) is 2.95. The minimum atomic E-state index is -0.342. The zero-order valence-electron chi connectivity index (χ0n) is 22.6. The molecule has 202 valence electrons. The highest BCUT2D eigenvalue weighted by molar-refractivity contribution is 6.08. The SMILES string of the molecule is C=CC(=O)Nc1cccc(Cc2ncc(NC(=O)c3cc(NC(=O)c4cccc(N(C)C)c4)ccc3C)cn2)c1.